The predicted octanol–water partition coefficient (Wildman–Crippen LogP) is 2.77. The molecule has 1 N–H and O–H groups in total. The Balaban J connectivity index is 1.99. The molecule has 7 heteroatoms. The van der Waals surface area contributed by atoms with E-state index in [1.165, 1.54) is 18.9 Å². The molecule has 0 radical (unpaired) electrons. The normalized spacial score (nSPS) is 21.2. The summed E-state index contributed by atoms with van der Waals surface area (Å²) in [6.45, 7) is 0.891. The number of carbonyl (C=O) groups excluding carboxylic acids is 1. The zero-order valence-electron chi connectivity index (χ0n) is 13.0. The number of aliphatic carboxylic acids is 1. The first-order valence-corrected chi connectivity index (χ1v) is 8.72. The van der Waals surface area contributed by atoms with Crippen LogP contribution in [-0.4, -0.2) is 54.4 Å². The van der Waals surface area contributed by atoms with Gasteiger partial charge in [0.05, 0.1) is 17.4 Å². The Labute approximate surface area is 144 Å². The van der Waals surface area contributed by atoms with Crippen molar-refractivity contribution in [3.63, 3.8) is 0 Å². The summed E-state index contributed by atoms with van der Waals surface area (Å²) in [5.41, 5.74) is -1.00. The molecule has 1 aromatic rings. The number of likely N-dealkylation sites (tertiary alicyclic amines) is 1. The standard InChI is InChI=1S/C16H20ClNO4S/c1-22-11-16(15(20)21)7-4-8-18(10-16)14(19)9-23-13-6-3-2-5-12(13)17/h2-3,5-6H,4,7-11H2,1H3,(H,20,21). The summed E-state index contributed by atoms with van der Waals surface area (Å²) >= 11 is 7.45. The Morgan fingerprint density at radius 2 is 2.17 bits per heavy atom. The highest BCUT2D eigenvalue weighted by molar-refractivity contribution is 8.00. The number of hydrogen-bond donors (Lipinski definition) is 1. The van der Waals surface area contributed by atoms with E-state index in [4.69, 9.17) is 16.3 Å². The van der Waals surface area contributed by atoms with E-state index in [1.54, 1.807) is 11.0 Å². The number of ether oxygens (including phenoxy) is 1. The number of piperidine rings is 1. The van der Waals surface area contributed by atoms with Gasteiger partial charge in [-0.1, -0.05) is 23.7 Å². The molecule has 5 nitrogen and oxygen atoms in total. The molecule has 2 rings (SSSR count). The molecular weight excluding hydrogens is 338 g/mol. The molecule has 1 heterocycles. The van der Waals surface area contributed by atoms with Crippen molar-refractivity contribution in [3.05, 3.63) is 29.3 Å². The molecule has 1 fully saturated rings. The highest BCUT2D eigenvalue weighted by atomic mass is 35.5. The van der Waals surface area contributed by atoms with Gasteiger partial charge in [0, 0.05) is 25.1 Å². The van der Waals surface area contributed by atoms with Crippen molar-refractivity contribution in [1.29, 1.82) is 0 Å². The van der Waals surface area contributed by atoms with E-state index in [2.05, 4.69) is 0 Å². The first-order chi connectivity index (χ1) is 11.0. The third kappa shape index (κ3) is 4.40. The Morgan fingerprint density at radius 1 is 1.43 bits per heavy atom. The van der Waals surface area contributed by atoms with Gasteiger partial charge in [-0.25, -0.2) is 0 Å². The maximum Gasteiger partial charge on any atom is 0.313 e. The second-order valence-corrected chi connectivity index (χ2v) is 7.08. The fourth-order valence-electron chi connectivity index (χ4n) is 2.77. The largest absolute Gasteiger partial charge is 0.481 e. The molecule has 126 valence electrons. The predicted molar refractivity (Wildman–Crippen MR) is 89.9 cm³/mol. The lowest BCUT2D eigenvalue weighted by Crippen LogP contribution is -2.52. The number of benzene rings is 1. The molecule has 1 saturated heterocycles. The van der Waals surface area contributed by atoms with Gasteiger partial charge in [-0.3, -0.25) is 9.59 Å². The average Bonchev–Trinajstić information content (AvgIpc) is 2.54. The van der Waals surface area contributed by atoms with Crippen LogP contribution in [0.15, 0.2) is 29.2 Å². The quantitative estimate of drug-likeness (QED) is 0.793. The highest BCUT2D eigenvalue weighted by Gasteiger charge is 2.43. The number of halogens is 1. The van der Waals surface area contributed by atoms with Gasteiger partial charge in [0.2, 0.25) is 5.91 Å². The van der Waals surface area contributed by atoms with Crippen LogP contribution in [0.25, 0.3) is 0 Å². The van der Waals surface area contributed by atoms with Crippen LogP contribution >= 0.6 is 23.4 Å². The fraction of sp³-hybridized carbons (Fsp3) is 0.500. The van der Waals surface area contributed by atoms with Crippen molar-refractivity contribution in [1.82, 2.24) is 4.90 Å². The minimum absolute atomic E-state index is 0.0728. The molecule has 1 amide bonds. The van der Waals surface area contributed by atoms with Crippen LogP contribution in [0.3, 0.4) is 0 Å². The van der Waals surface area contributed by atoms with Gasteiger partial charge in [0.25, 0.3) is 0 Å². The van der Waals surface area contributed by atoms with Crippen LogP contribution in [0.5, 0.6) is 0 Å². The summed E-state index contributed by atoms with van der Waals surface area (Å²) in [7, 11) is 1.48. The third-order valence-corrected chi connectivity index (χ3v) is 5.49. The average molecular weight is 358 g/mol. The van der Waals surface area contributed by atoms with Crippen LogP contribution in [-0.2, 0) is 14.3 Å². The summed E-state index contributed by atoms with van der Waals surface area (Å²) in [6, 6.07) is 7.35. The zero-order valence-corrected chi connectivity index (χ0v) is 14.5. The minimum atomic E-state index is -1.00. The van der Waals surface area contributed by atoms with Gasteiger partial charge in [0.15, 0.2) is 0 Å². The zero-order chi connectivity index (χ0) is 16.9. The molecule has 0 aromatic heterocycles. The van der Waals surface area contributed by atoms with Crippen LogP contribution < -0.4 is 0 Å². The van der Waals surface area contributed by atoms with E-state index in [0.29, 0.717) is 24.4 Å². The van der Waals surface area contributed by atoms with Crippen LogP contribution in [0, 0.1) is 5.41 Å². The molecule has 1 aromatic carbocycles. The van der Waals surface area contributed by atoms with Crippen molar-refractivity contribution in [3.8, 4) is 0 Å². The highest BCUT2D eigenvalue weighted by Crippen LogP contribution is 2.32. The van der Waals surface area contributed by atoms with Gasteiger partial charge in [-0.15, -0.1) is 11.8 Å². The van der Waals surface area contributed by atoms with Gasteiger partial charge in [-0.2, -0.15) is 0 Å². The van der Waals surface area contributed by atoms with Crippen molar-refractivity contribution in [2.45, 2.75) is 17.7 Å². The smallest absolute Gasteiger partial charge is 0.313 e. The lowest BCUT2D eigenvalue weighted by atomic mass is 9.80. The van der Waals surface area contributed by atoms with E-state index in [9.17, 15) is 14.7 Å². The molecule has 0 spiro atoms. The molecule has 1 unspecified atom stereocenters. The van der Waals surface area contributed by atoms with E-state index in [1.807, 2.05) is 18.2 Å². The molecule has 0 saturated carbocycles. The molecule has 1 atom stereocenters. The van der Waals surface area contributed by atoms with Crippen LogP contribution in [0.2, 0.25) is 5.02 Å². The number of carboxylic acid groups (broad SMARTS) is 1. The lowest BCUT2D eigenvalue weighted by molar-refractivity contribution is -0.158. The molecule has 0 bridgehead atoms. The number of carboxylic acids is 1. The van der Waals surface area contributed by atoms with Gasteiger partial charge >= 0.3 is 5.97 Å². The van der Waals surface area contributed by atoms with Gasteiger partial charge < -0.3 is 14.7 Å². The topological polar surface area (TPSA) is 66.8 Å². The SMILES string of the molecule is COCC1(C(=O)O)CCCN(C(=O)CSc2ccccc2Cl)C1. The number of amides is 1. The van der Waals surface area contributed by atoms with Crippen LogP contribution in [0.4, 0.5) is 0 Å². The maximum absolute atomic E-state index is 12.4. The maximum atomic E-state index is 12.4. The third-order valence-electron chi connectivity index (χ3n) is 3.99. The Bertz CT molecular complexity index is 579. The fourth-order valence-corrected chi connectivity index (χ4v) is 3.91. The molecular formula is C16H20ClNO4S. The van der Waals surface area contributed by atoms with Gasteiger partial charge in [0.1, 0.15) is 5.41 Å². The van der Waals surface area contributed by atoms with Crippen molar-refractivity contribution < 1.29 is 19.4 Å². The Morgan fingerprint density at radius 3 is 2.83 bits per heavy atom. The van der Waals surface area contributed by atoms with Crippen molar-refractivity contribution in [2.75, 3.05) is 32.6 Å². The number of thioether (sulfide) groups is 1. The van der Waals surface area contributed by atoms with E-state index in [-0.39, 0.29) is 24.8 Å². The Kier molecular flexibility index (Phi) is 6.33. The number of nitrogens with zero attached hydrogens (tertiary/aromatic N) is 1. The number of hydrogen-bond acceptors (Lipinski definition) is 4. The summed E-state index contributed by atoms with van der Waals surface area (Å²) in [5, 5.41) is 10.1. The first-order valence-electron chi connectivity index (χ1n) is 7.36. The van der Waals surface area contributed by atoms with Crippen molar-refractivity contribution >= 4 is 35.2 Å². The number of rotatable bonds is 6. The summed E-state index contributed by atoms with van der Waals surface area (Å²) in [6.07, 6.45) is 1.19. The monoisotopic (exact) mass is 357 g/mol. The van der Waals surface area contributed by atoms with Crippen molar-refractivity contribution in [2.24, 2.45) is 5.41 Å². The Hall–Kier alpha value is -1.24. The van der Waals surface area contributed by atoms with E-state index < -0.39 is 11.4 Å². The van der Waals surface area contributed by atoms with Gasteiger partial charge in [-0.05, 0) is 25.0 Å². The van der Waals surface area contributed by atoms with Crippen LogP contribution in [0.1, 0.15) is 12.8 Å². The lowest BCUT2D eigenvalue weighted by Gasteiger charge is -2.39. The minimum Gasteiger partial charge on any atom is -0.481 e. The number of methoxy groups -OCH3 is 1. The summed E-state index contributed by atoms with van der Waals surface area (Å²) in [4.78, 5) is 26.5. The molecule has 0 aliphatic carbocycles. The first kappa shape index (κ1) is 18.1. The van der Waals surface area contributed by atoms with E-state index in [0.717, 1.165) is 4.90 Å². The van der Waals surface area contributed by atoms with E-state index >= 15 is 0 Å². The second kappa shape index (κ2) is 8.04. The molecule has 23 heavy (non-hydrogen) atoms. The summed E-state index contributed by atoms with van der Waals surface area (Å²) in [5.74, 6) is -0.737. The molecule has 1 aliphatic rings. The number of carbonyl (C=O) groups is 2. The summed E-state index contributed by atoms with van der Waals surface area (Å²) < 4.78 is 5.08. The second-order valence-electron chi connectivity index (χ2n) is 5.66. The molecule has 1 aliphatic heterocycles.